The molecule has 8 nitrogen and oxygen atoms in total. The van der Waals surface area contributed by atoms with Crippen LogP contribution >= 0.6 is 11.3 Å². The van der Waals surface area contributed by atoms with E-state index in [1.165, 1.54) is 27.9 Å². The predicted molar refractivity (Wildman–Crippen MR) is 169 cm³/mol. The van der Waals surface area contributed by atoms with Gasteiger partial charge in [-0.3, -0.25) is 14.2 Å². The Morgan fingerprint density at radius 1 is 0.952 bits per heavy atom. The second-order valence-electron chi connectivity index (χ2n) is 10.7. The summed E-state index contributed by atoms with van der Waals surface area (Å²) in [5, 5.41) is 3.56. The van der Waals surface area contributed by atoms with Crippen molar-refractivity contribution in [2.24, 2.45) is 0 Å². The van der Waals surface area contributed by atoms with Crippen LogP contribution in [0, 0.1) is 6.92 Å². The summed E-state index contributed by atoms with van der Waals surface area (Å²) in [6, 6.07) is 20.8. The van der Waals surface area contributed by atoms with Gasteiger partial charge in [-0.25, -0.2) is 0 Å². The van der Waals surface area contributed by atoms with E-state index in [0.717, 1.165) is 74.6 Å². The highest BCUT2D eigenvalue weighted by atomic mass is 32.2. The van der Waals surface area contributed by atoms with Crippen molar-refractivity contribution in [3.05, 3.63) is 88.8 Å². The highest BCUT2D eigenvalue weighted by Gasteiger charge is 2.22. The number of hydrogen-bond donors (Lipinski definition) is 1. The van der Waals surface area contributed by atoms with Crippen molar-refractivity contribution in [1.82, 2.24) is 9.80 Å². The molecule has 2 aliphatic heterocycles. The normalized spacial score (nSPS) is 15.7. The molecule has 0 atom stereocenters. The zero-order chi connectivity index (χ0) is 29.7. The first-order valence-corrected chi connectivity index (χ1v) is 16.5. The van der Waals surface area contributed by atoms with Crippen molar-refractivity contribution in [3.8, 4) is 5.75 Å². The van der Waals surface area contributed by atoms with Gasteiger partial charge in [0.05, 0.1) is 11.5 Å². The largest absolute Gasteiger partial charge is 0.494 e. The Morgan fingerprint density at radius 3 is 2.45 bits per heavy atom. The molecule has 10 heteroatoms. The van der Waals surface area contributed by atoms with Crippen LogP contribution in [-0.2, 0) is 16.5 Å². The molecule has 0 aliphatic carbocycles. The van der Waals surface area contributed by atoms with E-state index < -0.39 is 10.1 Å². The Bertz CT molecular complexity index is 1630. The molecule has 6 rings (SSSR count). The highest BCUT2D eigenvalue weighted by Crippen LogP contribution is 2.31. The van der Waals surface area contributed by atoms with Crippen LogP contribution in [0.5, 0.6) is 5.75 Å². The summed E-state index contributed by atoms with van der Waals surface area (Å²) < 4.78 is 36.9. The molecule has 4 aromatic rings. The molecule has 0 spiro atoms. The zero-order valence-electron chi connectivity index (χ0n) is 24.0. The lowest BCUT2D eigenvalue weighted by atomic mass is 9.99. The maximum absolute atomic E-state index is 12.4. The van der Waals surface area contributed by atoms with E-state index in [0.29, 0.717) is 6.61 Å². The van der Waals surface area contributed by atoms with Gasteiger partial charge in [-0.2, -0.15) is 8.42 Å². The van der Waals surface area contributed by atoms with Crippen LogP contribution in [-0.4, -0.2) is 81.6 Å². The Kier molecular flexibility index (Phi) is 9.47. The number of carbonyl (C=O) groups excluding carboxylic acids is 1. The number of nitrogens with zero attached hydrogens (tertiary/aromatic N) is 3. The molecule has 2 aliphatic rings. The quantitative estimate of drug-likeness (QED) is 0.223. The molecule has 0 bridgehead atoms. The molecule has 3 heterocycles. The van der Waals surface area contributed by atoms with Crippen molar-refractivity contribution in [2.75, 3.05) is 57.8 Å². The second-order valence-corrected chi connectivity index (χ2v) is 13.1. The molecular formula is C32H37N3O5S2. The van der Waals surface area contributed by atoms with E-state index >= 15 is 0 Å². The monoisotopic (exact) mass is 607 g/mol. The minimum Gasteiger partial charge on any atom is -0.494 e. The Labute approximate surface area is 251 Å². The molecule has 1 N–H and O–H groups in total. The molecule has 1 saturated heterocycles. The SMILES string of the molecule is CN1CCc2ccc(OCCCN3CCN(c4cccc5sccc45)CC3)cc2C1=O.Cc1ccc(S(=O)(=O)O)cc1. The fourth-order valence-electron chi connectivity index (χ4n) is 5.31. The minimum absolute atomic E-state index is 0.0666. The maximum Gasteiger partial charge on any atom is 0.294 e. The first-order valence-electron chi connectivity index (χ1n) is 14.2. The number of carbonyl (C=O) groups is 1. The predicted octanol–water partition coefficient (Wildman–Crippen LogP) is 5.36. The van der Waals surface area contributed by atoms with Crippen molar-refractivity contribution in [3.63, 3.8) is 0 Å². The van der Waals surface area contributed by atoms with Crippen LogP contribution in [0.15, 0.2) is 77.0 Å². The standard InChI is InChI=1S/C25H29N3O2S.C7H8O3S/c1-26-11-8-19-6-7-20(18-22(19)25(26)29)30-16-3-10-27-12-14-28(15-13-27)23-4-2-5-24-21(23)9-17-31-24;1-6-2-4-7(5-3-6)11(8,9)10/h2,4-7,9,17-18H,3,8,10-16H2,1H3;2-5H,1H3,(H,8,9,10). The smallest absolute Gasteiger partial charge is 0.294 e. The Balaban J connectivity index is 0.000000271. The number of hydrogen-bond acceptors (Lipinski definition) is 7. The summed E-state index contributed by atoms with van der Waals surface area (Å²) in [7, 11) is -2.16. The van der Waals surface area contributed by atoms with E-state index in [-0.39, 0.29) is 10.8 Å². The topological polar surface area (TPSA) is 90.4 Å². The highest BCUT2D eigenvalue weighted by molar-refractivity contribution is 7.85. The average molecular weight is 608 g/mol. The van der Waals surface area contributed by atoms with Crippen LogP contribution in [0.4, 0.5) is 5.69 Å². The van der Waals surface area contributed by atoms with Crippen molar-refractivity contribution in [2.45, 2.75) is 24.7 Å². The first-order chi connectivity index (χ1) is 20.2. The van der Waals surface area contributed by atoms with Crippen LogP contribution in [0.3, 0.4) is 0 Å². The number of aryl methyl sites for hydroxylation is 1. The molecule has 42 heavy (non-hydrogen) atoms. The minimum atomic E-state index is -4.02. The van der Waals surface area contributed by atoms with Gasteiger partial charge in [0.1, 0.15) is 5.75 Å². The summed E-state index contributed by atoms with van der Waals surface area (Å²) in [4.78, 5) is 19.1. The van der Waals surface area contributed by atoms with Crippen molar-refractivity contribution < 1.29 is 22.5 Å². The van der Waals surface area contributed by atoms with Crippen LogP contribution in [0.25, 0.3) is 10.1 Å². The van der Waals surface area contributed by atoms with Gasteiger partial charge in [0.15, 0.2) is 0 Å². The zero-order valence-corrected chi connectivity index (χ0v) is 25.7. The summed E-state index contributed by atoms with van der Waals surface area (Å²) in [6.07, 6.45) is 1.91. The molecule has 1 amide bonds. The first kappa shape index (κ1) is 30.0. The number of benzene rings is 3. The third kappa shape index (κ3) is 7.30. The molecule has 1 fully saturated rings. The molecule has 3 aromatic carbocycles. The lowest BCUT2D eigenvalue weighted by molar-refractivity contribution is 0.0780. The maximum atomic E-state index is 12.4. The number of likely N-dealkylation sites (N-methyl/N-ethyl adjacent to an activating group) is 1. The Hall–Kier alpha value is -3.44. The third-order valence-corrected chi connectivity index (χ3v) is 9.52. The van der Waals surface area contributed by atoms with Gasteiger partial charge in [-0.05, 0) is 73.2 Å². The average Bonchev–Trinajstić information content (AvgIpc) is 3.47. The lowest BCUT2D eigenvalue weighted by Gasteiger charge is -2.36. The summed E-state index contributed by atoms with van der Waals surface area (Å²) >= 11 is 1.81. The summed E-state index contributed by atoms with van der Waals surface area (Å²) in [5.74, 6) is 0.902. The number of rotatable bonds is 7. The van der Waals surface area contributed by atoms with E-state index in [9.17, 15) is 13.2 Å². The van der Waals surface area contributed by atoms with E-state index in [2.05, 4.69) is 39.4 Å². The van der Waals surface area contributed by atoms with Crippen LogP contribution < -0.4 is 9.64 Å². The number of piperazine rings is 1. The molecule has 0 unspecified atom stereocenters. The number of anilines is 1. The van der Waals surface area contributed by atoms with E-state index in [1.807, 2.05) is 43.5 Å². The van der Waals surface area contributed by atoms with Crippen molar-refractivity contribution in [1.29, 1.82) is 0 Å². The molecule has 1 aromatic heterocycles. The van der Waals surface area contributed by atoms with Gasteiger partial charge in [-0.15, -0.1) is 11.3 Å². The number of fused-ring (bicyclic) bond motifs is 2. The summed E-state index contributed by atoms with van der Waals surface area (Å²) in [6.45, 7) is 8.66. The number of amides is 1. The fraction of sp³-hybridized carbons (Fsp3) is 0.344. The van der Waals surface area contributed by atoms with E-state index in [4.69, 9.17) is 9.29 Å². The van der Waals surface area contributed by atoms with Crippen molar-refractivity contribution >= 4 is 43.1 Å². The van der Waals surface area contributed by atoms with Crippen LogP contribution in [0.2, 0.25) is 0 Å². The third-order valence-electron chi connectivity index (χ3n) is 7.77. The summed E-state index contributed by atoms with van der Waals surface area (Å²) in [5.41, 5.74) is 4.25. The number of ether oxygens (including phenoxy) is 1. The van der Waals surface area contributed by atoms with Gasteiger partial charge in [0.2, 0.25) is 0 Å². The molecule has 0 radical (unpaired) electrons. The molecule has 0 saturated carbocycles. The van der Waals surface area contributed by atoms with Gasteiger partial charge in [0.25, 0.3) is 16.0 Å². The van der Waals surface area contributed by atoms with Crippen LogP contribution in [0.1, 0.15) is 27.9 Å². The van der Waals surface area contributed by atoms with Gasteiger partial charge < -0.3 is 14.5 Å². The number of thiophene rings is 1. The van der Waals surface area contributed by atoms with Gasteiger partial charge in [-0.1, -0.05) is 29.8 Å². The van der Waals surface area contributed by atoms with Gasteiger partial charge >= 0.3 is 0 Å². The Morgan fingerprint density at radius 2 is 1.71 bits per heavy atom. The molecular weight excluding hydrogens is 571 g/mol. The van der Waals surface area contributed by atoms with Gasteiger partial charge in [0, 0.05) is 67.7 Å². The molecule has 222 valence electrons. The lowest BCUT2D eigenvalue weighted by Crippen LogP contribution is -2.46. The second kappa shape index (κ2) is 13.2. The van der Waals surface area contributed by atoms with E-state index in [1.54, 1.807) is 17.0 Å². The fourth-order valence-corrected chi connectivity index (χ4v) is 6.60.